The maximum atomic E-state index is 12.4. The predicted octanol–water partition coefficient (Wildman–Crippen LogP) is 2.38. The van der Waals surface area contributed by atoms with Crippen LogP contribution in [0.3, 0.4) is 0 Å². The van der Waals surface area contributed by atoms with E-state index in [2.05, 4.69) is 32.2 Å². The predicted molar refractivity (Wildman–Crippen MR) is 103 cm³/mol. The summed E-state index contributed by atoms with van der Waals surface area (Å²) in [5, 5.41) is 11.5. The maximum Gasteiger partial charge on any atom is 0.287 e. The number of hydrogen-bond acceptors (Lipinski definition) is 5. The quantitative estimate of drug-likeness (QED) is 0.803. The van der Waals surface area contributed by atoms with Gasteiger partial charge in [0.05, 0.1) is 18.2 Å². The van der Waals surface area contributed by atoms with E-state index >= 15 is 0 Å². The summed E-state index contributed by atoms with van der Waals surface area (Å²) in [6.45, 7) is 2.71. The molecule has 1 N–H and O–H groups in total. The topological polar surface area (TPSA) is 89.6 Å². The maximum absolute atomic E-state index is 12.4. The van der Waals surface area contributed by atoms with Crippen LogP contribution in [0.1, 0.15) is 22.5 Å². The average Bonchev–Trinajstić information content (AvgIpc) is 2.98. The monoisotopic (exact) mass is 430 g/mol. The Hall–Kier alpha value is -2.79. The molecule has 27 heavy (non-hydrogen) atoms. The summed E-state index contributed by atoms with van der Waals surface area (Å²) in [7, 11) is 0. The molecule has 0 radical (unpaired) electrons. The lowest BCUT2D eigenvalue weighted by atomic mass is 10.2. The largest absolute Gasteiger partial charge is 0.444 e. The number of nitriles is 1. The van der Waals surface area contributed by atoms with E-state index in [0.717, 1.165) is 18.7 Å². The Bertz CT molecular complexity index is 857. The highest BCUT2D eigenvalue weighted by molar-refractivity contribution is 9.10. The van der Waals surface area contributed by atoms with Gasteiger partial charge in [-0.25, -0.2) is 0 Å². The number of nitrogens with zero attached hydrogens (tertiary/aromatic N) is 3. The van der Waals surface area contributed by atoms with Crippen molar-refractivity contribution in [1.29, 1.82) is 5.26 Å². The molecule has 0 atom stereocenters. The molecule has 1 saturated heterocycles. The second-order valence-electron chi connectivity index (χ2n) is 6.17. The minimum atomic E-state index is -0.414. The first-order valence-electron chi connectivity index (χ1n) is 8.63. The Morgan fingerprint density at radius 3 is 2.56 bits per heavy atom. The van der Waals surface area contributed by atoms with E-state index < -0.39 is 5.91 Å². The number of anilines is 1. The lowest BCUT2D eigenvalue weighted by Crippen LogP contribution is -2.42. The van der Waals surface area contributed by atoms with Crippen LogP contribution in [0.4, 0.5) is 5.69 Å². The molecule has 2 aromatic rings. The molecular weight excluding hydrogens is 412 g/mol. The molecule has 1 aliphatic rings. The summed E-state index contributed by atoms with van der Waals surface area (Å²) in [6.07, 6.45) is 0.838. The summed E-state index contributed by atoms with van der Waals surface area (Å²) in [4.78, 5) is 28.4. The molecule has 140 valence electrons. The van der Waals surface area contributed by atoms with Gasteiger partial charge >= 0.3 is 0 Å². The molecule has 2 heterocycles. The van der Waals surface area contributed by atoms with E-state index in [-0.39, 0.29) is 18.2 Å². The number of carbonyl (C=O) groups excluding carboxylic acids is 2. The summed E-state index contributed by atoms with van der Waals surface area (Å²) >= 11 is 3.14. The van der Waals surface area contributed by atoms with Gasteiger partial charge in [-0.15, -0.1) is 0 Å². The molecule has 8 heteroatoms. The first-order chi connectivity index (χ1) is 13.1. The zero-order chi connectivity index (χ0) is 19.2. The number of rotatable bonds is 4. The summed E-state index contributed by atoms with van der Waals surface area (Å²) < 4.78 is 5.64. The van der Waals surface area contributed by atoms with Crippen molar-refractivity contribution in [2.45, 2.75) is 6.42 Å². The Morgan fingerprint density at radius 1 is 1.11 bits per heavy atom. The van der Waals surface area contributed by atoms with E-state index in [4.69, 9.17) is 9.68 Å². The van der Waals surface area contributed by atoms with Gasteiger partial charge in [-0.05, 0) is 58.7 Å². The van der Waals surface area contributed by atoms with Gasteiger partial charge in [0.15, 0.2) is 10.4 Å². The Kier molecular flexibility index (Phi) is 6.14. The fourth-order valence-electron chi connectivity index (χ4n) is 2.96. The zero-order valence-corrected chi connectivity index (χ0v) is 16.2. The first-order valence-corrected chi connectivity index (χ1v) is 9.42. The lowest BCUT2D eigenvalue weighted by Gasteiger charge is -2.23. The van der Waals surface area contributed by atoms with Crippen molar-refractivity contribution in [3.05, 3.63) is 52.4 Å². The number of benzene rings is 1. The van der Waals surface area contributed by atoms with Gasteiger partial charge in [0.25, 0.3) is 5.91 Å². The zero-order valence-electron chi connectivity index (χ0n) is 14.7. The molecule has 0 unspecified atom stereocenters. The van der Waals surface area contributed by atoms with Crippen LogP contribution in [0, 0.1) is 11.3 Å². The smallest absolute Gasteiger partial charge is 0.287 e. The molecule has 7 nitrogen and oxygen atoms in total. The molecule has 0 saturated carbocycles. The minimum absolute atomic E-state index is 0.0615. The van der Waals surface area contributed by atoms with Gasteiger partial charge in [0.2, 0.25) is 5.91 Å². The van der Waals surface area contributed by atoms with Gasteiger partial charge in [-0.2, -0.15) is 5.26 Å². The van der Waals surface area contributed by atoms with Crippen molar-refractivity contribution in [2.24, 2.45) is 0 Å². The van der Waals surface area contributed by atoms with Crippen LogP contribution < -0.4 is 10.2 Å². The molecular formula is C19H19BrN4O3. The Balaban J connectivity index is 1.51. The van der Waals surface area contributed by atoms with Crippen molar-refractivity contribution < 1.29 is 14.0 Å². The minimum Gasteiger partial charge on any atom is -0.444 e. The van der Waals surface area contributed by atoms with Gasteiger partial charge < -0.3 is 19.5 Å². The standard InChI is InChI=1S/C19H19BrN4O3/c20-17-7-6-16(27-17)19(26)22-13-18(25)24-9-1-8-23(10-11-24)15-4-2-14(12-21)3-5-15/h2-7H,1,8-11,13H2,(H,22,26). The summed E-state index contributed by atoms with van der Waals surface area (Å²) in [5.74, 6) is -0.365. The summed E-state index contributed by atoms with van der Waals surface area (Å²) in [6, 6.07) is 12.7. The van der Waals surface area contributed by atoms with Gasteiger partial charge in [-0.3, -0.25) is 9.59 Å². The van der Waals surface area contributed by atoms with Crippen molar-refractivity contribution in [3.8, 4) is 6.07 Å². The molecule has 1 aliphatic heterocycles. The second-order valence-corrected chi connectivity index (χ2v) is 6.95. The third-order valence-corrected chi connectivity index (χ3v) is 4.83. The molecule has 3 rings (SSSR count). The molecule has 0 bridgehead atoms. The van der Waals surface area contributed by atoms with Crippen LogP contribution in [0.15, 0.2) is 45.5 Å². The molecule has 1 aromatic heterocycles. The van der Waals surface area contributed by atoms with Crippen LogP contribution >= 0.6 is 15.9 Å². The number of nitrogens with one attached hydrogen (secondary N) is 1. The highest BCUT2D eigenvalue weighted by Crippen LogP contribution is 2.17. The number of halogens is 1. The molecule has 0 aliphatic carbocycles. The number of amides is 2. The third-order valence-electron chi connectivity index (χ3n) is 4.41. The van der Waals surface area contributed by atoms with Crippen LogP contribution in [-0.2, 0) is 4.79 Å². The van der Waals surface area contributed by atoms with Crippen molar-refractivity contribution >= 4 is 33.4 Å². The van der Waals surface area contributed by atoms with E-state index in [9.17, 15) is 9.59 Å². The van der Waals surface area contributed by atoms with E-state index in [0.29, 0.717) is 29.9 Å². The van der Waals surface area contributed by atoms with E-state index in [1.165, 1.54) is 0 Å². The number of furan rings is 1. The molecule has 1 fully saturated rings. The van der Waals surface area contributed by atoms with Crippen LogP contribution in [0.25, 0.3) is 0 Å². The van der Waals surface area contributed by atoms with Crippen molar-refractivity contribution in [3.63, 3.8) is 0 Å². The van der Waals surface area contributed by atoms with Crippen molar-refractivity contribution in [1.82, 2.24) is 10.2 Å². The number of carbonyl (C=O) groups is 2. The van der Waals surface area contributed by atoms with Gasteiger partial charge in [-0.1, -0.05) is 0 Å². The van der Waals surface area contributed by atoms with E-state index in [1.54, 1.807) is 29.2 Å². The van der Waals surface area contributed by atoms with Gasteiger partial charge in [0.1, 0.15) is 0 Å². The van der Waals surface area contributed by atoms with Gasteiger partial charge in [0, 0.05) is 31.9 Å². The Labute approximate surface area is 165 Å². The van der Waals surface area contributed by atoms with Crippen LogP contribution in [-0.4, -0.2) is 49.4 Å². The normalized spacial score (nSPS) is 14.4. The van der Waals surface area contributed by atoms with Crippen LogP contribution in [0.2, 0.25) is 0 Å². The van der Waals surface area contributed by atoms with E-state index in [1.807, 2.05) is 12.1 Å². The SMILES string of the molecule is N#Cc1ccc(N2CCCN(C(=O)CNC(=O)c3ccc(Br)o3)CC2)cc1. The third kappa shape index (κ3) is 4.89. The fourth-order valence-corrected chi connectivity index (χ4v) is 3.27. The highest BCUT2D eigenvalue weighted by atomic mass is 79.9. The molecule has 2 amide bonds. The average molecular weight is 431 g/mol. The number of hydrogen-bond donors (Lipinski definition) is 1. The fraction of sp³-hybridized carbons (Fsp3) is 0.316. The molecule has 1 aromatic carbocycles. The molecule has 0 spiro atoms. The first kappa shape index (κ1) is 19.0. The second kappa shape index (κ2) is 8.73. The summed E-state index contributed by atoms with van der Waals surface area (Å²) in [5.41, 5.74) is 1.67. The Morgan fingerprint density at radius 2 is 1.89 bits per heavy atom. The van der Waals surface area contributed by atoms with Crippen LogP contribution in [0.5, 0.6) is 0 Å². The highest BCUT2D eigenvalue weighted by Gasteiger charge is 2.20. The lowest BCUT2D eigenvalue weighted by molar-refractivity contribution is -0.129. The van der Waals surface area contributed by atoms with Crippen molar-refractivity contribution in [2.75, 3.05) is 37.6 Å².